The second-order valence-corrected chi connectivity index (χ2v) is 6.47. The Labute approximate surface area is 151 Å². The van der Waals surface area contributed by atoms with Gasteiger partial charge in [-0.2, -0.15) is 0 Å². The molecule has 1 N–H and O–H groups in total. The number of amides is 2. The van der Waals surface area contributed by atoms with Crippen LogP contribution in [0.4, 0.5) is 19.4 Å². The number of aromatic nitrogens is 1. The van der Waals surface area contributed by atoms with E-state index in [4.69, 9.17) is 0 Å². The fourth-order valence-corrected chi connectivity index (χ4v) is 2.98. The van der Waals surface area contributed by atoms with E-state index in [2.05, 4.69) is 15.2 Å². The Morgan fingerprint density at radius 2 is 2.00 bits per heavy atom. The normalized spacial score (nSPS) is 13.7. The molecule has 0 unspecified atom stereocenters. The van der Waals surface area contributed by atoms with Crippen LogP contribution in [0.3, 0.4) is 0 Å². The highest BCUT2D eigenvalue weighted by atomic mass is 19.1. The van der Waals surface area contributed by atoms with Crippen molar-refractivity contribution in [1.29, 1.82) is 0 Å². The van der Waals surface area contributed by atoms with Gasteiger partial charge in [-0.05, 0) is 36.6 Å². The number of pyridine rings is 1. The number of benzene rings is 1. The van der Waals surface area contributed by atoms with E-state index in [9.17, 15) is 13.6 Å². The van der Waals surface area contributed by atoms with Crippen LogP contribution in [0, 0.1) is 11.6 Å². The molecule has 1 saturated heterocycles. The lowest BCUT2D eigenvalue weighted by atomic mass is 10.2. The van der Waals surface area contributed by atoms with Gasteiger partial charge in [0.25, 0.3) is 0 Å². The maximum atomic E-state index is 13.7. The van der Waals surface area contributed by atoms with Gasteiger partial charge < -0.3 is 15.1 Å². The van der Waals surface area contributed by atoms with Gasteiger partial charge in [-0.15, -0.1) is 0 Å². The van der Waals surface area contributed by atoms with E-state index < -0.39 is 11.6 Å². The third-order valence-electron chi connectivity index (χ3n) is 4.45. The number of carbonyl (C=O) groups excluding carboxylic acids is 1. The van der Waals surface area contributed by atoms with Crippen LogP contribution in [0.2, 0.25) is 0 Å². The van der Waals surface area contributed by atoms with Gasteiger partial charge in [0.1, 0.15) is 17.5 Å². The predicted molar refractivity (Wildman–Crippen MR) is 95.7 cm³/mol. The second kappa shape index (κ2) is 8.12. The summed E-state index contributed by atoms with van der Waals surface area (Å²) in [5.41, 5.74) is 1.22. The van der Waals surface area contributed by atoms with Gasteiger partial charge in [0.05, 0.1) is 0 Å². The first kappa shape index (κ1) is 18.1. The molecule has 0 atom stereocenters. The molecule has 1 aliphatic heterocycles. The molecule has 5 nitrogen and oxygen atoms in total. The summed E-state index contributed by atoms with van der Waals surface area (Å²) < 4.78 is 26.7. The van der Waals surface area contributed by atoms with Gasteiger partial charge in [-0.3, -0.25) is 0 Å². The molecule has 0 aliphatic carbocycles. The van der Waals surface area contributed by atoms with Crippen LogP contribution in [0.25, 0.3) is 0 Å². The summed E-state index contributed by atoms with van der Waals surface area (Å²) in [6, 6.07) is 6.86. The molecule has 0 spiro atoms. The van der Waals surface area contributed by atoms with E-state index in [0.29, 0.717) is 6.54 Å². The van der Waals surface area contributed by atoms with E-state index in [0.717, 1.165) is 30.5 Å². The molecule has 1 aromatic heterocycles. The molecular formula is C19H22F2N4O. The van der Waals surface area contributed by atoms with Crippen LogP contribution in [-0.2, 0) is 13.1 Å². The highest BCUT2D eigenvalue weighted by Gasteiger charge is 2.15. The number of halogens is 2. The maximum Gasteiger partial charge on any atom is 0.317 e. The zero-order valence-corrected chi connectivity index (χ0v) is 14.7. The van der Waals surface area contributed by atoms with Crippen molar-refractivity contribution in [3.05, 3.63) is 59.3 Å². The minimum absolute atomic E-state index is 0.0628. The van der Waals surface area contributed by atoms with E-state index in [-0.39, 0.29) is 18.1 Å². The fraction of sp³-hybridized carbons (Fsp3) is 0.368. The van der Waals surface area contributed by atoms with Gasteiger partial charge in [-0.25, -0.2) is 18.6 Å². The molecular weight excluding hydrogens is 338 g/mol. The van der Waals surface area contributed by atoms with Crippen LogP contribution < -0.4 is 10.2 Å². The van der Waals surface area contributed by atoms with Crippen molar-refractivity contribution in [1.82, 2.24) is 15.2 Å². The number of carbonyl (C=O) groups is 1. The molecule has 2 heterocycles. The summed E-state index contributed by atoms with van der Waals surface area (Å²) in [5.74, 6) is -0.366. The van der Waals surface area contributed by atoms with Crippen molar-refractivity contribution >= 4 is 11.8 Å². The molecule has 2 aromatic rings. The van der Waals surface area contributed by atoms with Crippen molar-refractivity contribution < 1.29 is 13.6 Å². The molecule has 138 valence electrons. The van der Waals surface area contributed by atoms with Crippen LogP contribution in [-0.4, -0.2) is 36.1 Å². The van der Waals surface area contributed by atoms with Gasteiger partial charge in [0.15, 0.2) is 0 Å². The van der Waals surface area contributed by atoms with Gasteiger partial charge in [0, 0.05) is 51.1 Å². The van der Waals surface area contributed by atoms with E-state index in [1.165, 1.54) is 29.9 Å². The zero-order valence-electron chi connectivity index (χ0n) is 14.7. The molecule has 1 aromatic carbocycles. The first-order valence-corrected chi connectivity index (χ1v) is 8.66. The van der Waals surface area contributed by atoms with Gasteiger partial charge >= 0.3 is 6.03 Å². The van der Waals surface area contributed by atoms with Crippen LogP contribution in [0.1, 0.15) is 24.0 Å². The molecule has 7 heteroatoms. The Morgan fingerprint density at radius 3 is 2.73 bits per heavy atom. The summed E-state index contributed by atoms with van der Waals surface area (Å²) in [7, 11) is 1.57. The molecule has 1 aliphatic rings. The molecule has 0 bridgehead atoms. The topological polar surface area (TPSA) is 48.5 Å². The molecule has 1 fully saturated rings. The van der Waals surface area contributed by atoms with Crippen LogP contribution in [0.5, 0.6) is 0 Å². The number of nitrogens with zero attached hydrogens (tertiary/aromatic N) is 3. The van der Waals surface area contributed by atoms with E-state index in [1.54, 1.807) is 13.2 Å². The summed E-state index contributed by atoms with van der Waals surface area (Å²) in [4.78, 5) is 20.2. The van der Waals surface area contributed by atoms with Gasteiger partial charge in [-0.1, -0.05) is 6.07 Å². The maximum absolute atomic E-state index is 13.7. The number of anilines is 1. The number of nitrogens with one attached hydrogen (secondary N) is 1. The SMILES string of the molecule is CN(Cc1ccc(F)cc1F)C(=O)NCc1ccnc(N2CCCC2)c1. The van der Waals surface area contributed by atoms with Crippen molar-refractivity contribution in [3.8, 4) is 0 Å². The second-order valence-electron chi connectivity index (χ2n) is 6.47. The minimum Gasteiger partial charge on any atom is -0.357 e. The monoisotopic (exact) mass is 360 g/mol. The van der Waals surface area contributed by atoms with Crippen molar-refractivity contribution in [2.24, 2.45) is 0 Å². The average molecular weight is 360 g/mol. The Morgan fingerprint density at radius 1 is 1.23 bits per heavy atom. The summed E-state index contributed by atoms with van der Waals surface area (Å²) in [6.45, 7) is 2.44. The fourth-order valence-electron chi connectivity index (χ4n) is 2.98. The zero-order chi connectivity index (χ0) is 18.5. The number of hydrogen-bond acceptors (Lipinski definition) is 3. The lowest BCUT2D eigenvalue weighted by Gasteiger charge is -2.19. The molecule has 3 rings (SSSR count). The quantitative estimate of drug-likeness (QED) is 0.890. The Hall–Kier alpha value is -2.70. The number of urea groups is 1. The van der Waals surface area contributed by atoms with Crippen molar-refractivity contribution in [2.75, 3.05) is 25.0 Å². The minimum atomic E-state index is -0.658. The van der Waals surface area contributed by atoms with Gasteiger partial charge in [0.2, 0.25) is 0 Å². The first-order valence-electron chi connectivity index (χ1n) is 8.66. The smallest absolute Gasteiger partial charge is 0.317 e. The summed E-state index contributed by atoms with van der Waals surface area (Å²) in [6.07, 6.45) is 4.09. The van der Waals surface area contributed by atoms with Crippen molar-refractivity contribution in [2.45, 2.75) is 25.9 Å². The Balaban J connectivity index is 1.55. The Kier molecular flexibility index (Phi) is 5.65. The lowest BCUT2D eigenvalue weighted by molar-refractivity contribution is 0.206. The standard InChI is InChI=1S/C19H22F2N4O/c1-24(13-15-4-5-16(20)11-17(15)21)19(26)23-12-14-6-7-22-18(10-14)25-8-2-3-9-25/h4-7,10-11H,2-3,8-9,12-13H2,1H3,(H,23,26). The predicted octanol–water partition coefficient (Wildman–Crippen LogP) is 3.30. The molecule has 0 radical (unpaired) electrons. The largest absolute Gasteiger partial charge is 0.357 e. The molecule has 0 saturated carbocycles. The Bertz CT molecular complexity index is 778. The van der Waals surface area contributed by atoms with Crippen LogP contribution >= 0.6 is 0 Å². The van der Waals surface area contributed by atoms with Crippen LogP contribution in [0.15, 0.2) is 36.5 Å². The summed E-state index contributed by atoms with van der Waals surface area (Å²) in [5, 5.41) is 2.81. The number of rotatable bonds is 5. The van der Waals surface area contributed by atoms with E-state index >= 15 is 0 Å². The average Bonchev–Trinajstić information content (AvgIpc) is 3.17. The number of hydrogen-bond donors (Lipinski definition) is 1. The molecule has 2 amide bonds. The first-order chi connectivity index (χ1) is 12.5. The third-order valence-corrected chi connectivity index (χ3v) is 4.45. The molecule has 26 heavy (non-hydrogen) atoms. The summed E-state index contributed by atoms with van der Waals surface area (Å²) >= 11 is 0. The lowest BCUT2D eigenvalue weighted by Crippen LogP contribution is -2.36. The highest BCUT2D eigenvalue weighted by Crippen LogP contribution is 2.18. The third kappa shape index (κ3) is 4.47. The van der Waals surface area contributed by atoms with Crippen molar-refractivity contribution in [3.63, 3.8) is 0 Å². The van der Waals surface area contributed by atoms with E-state index in [1.807, 2.05) is 12.1 Å². The highest BCUT2D eigenvalue weighted by molar-refractivity contribution is 5.73.